The van der Waals surface area contributed by atoms with Crippen molar-refractivity contribution >= 4 is 77.3 Å². The molecule has 1 radical (unpaired) electrons. The van der Waals surface area contributed by atoms with Gasteiger partial charge in [0.05, 0.1) is 4.47 Å². The Hall–Kier alpha value is 1.46. The molecule has 1 rings (SSSR count). The zero-order valence-corrected chi connectivity index (χ0v) is 12.5. The maximum Gasteiger partial charge on any atom is 0.130 e. The van der Waals surface area contributed by atoms with Crippen LogP contribution in [0, 0.1) is 0 Å². The van der Waals surface area contributed by atoms with Crippen LogP contribution in [-0.4, -0.2) is 34.7 Å². The summed E-state index contributed by atoms with van der Waals surface area (Å²) in [5.74, 6) is 0.232. The molecule has 0 amide bonds. The zero-order chi connectivity index (χ0) is 7.72. The van der Waals surface area contributed by atoms with Crippen LogP contribution in [0.25, 0.3) is 0 Å². The summed E-state index contributed by atoms with van der Waals surface area (Å²) in [6, 6.07) is 3.38. The van der Waals surface area contributed by atoms with Crippen LogP contribution >= 0.6 is 47.8 Å². The van der Waals surface area contributed by atoms with Crippen molar-refractivity contribution in [2.75, 3.05) is 0 Å². The Morgan fingerprint density at radius 1 is 1.00 bits per heavy atom. The van der Waals surface area contributed by atoms with Crippen molar-refractivity contribution in [3.8, 4) is 5.75 Å². The van der Waals surface area contributed by atoms with Crippen LogP contribution < -0.4 is 0 Å². The first-order valence-corrected chi connectivity index (χ1v) is 4.83. The second-order valence-electron chi connectivity index (χ2n) is 1.69. The molecule has 1 aromatic carbocycles. The predicted octanol–water partition coefficient (Wildman–Crippen LogP) is 3.30. The number of halogens is 3. The van der Waals surface area contributed by atoms with E-state index >= 15 is 0 Å². The largest absolute Gasteiger partial charge is 0.507 e. The number of hydrogen-bond donors (Lipinski definition) is 1. The first kappa shape index (κ1) is 12.5. The molecule has 0 fully saturated rings. The number of hydrogen-bond acceptors (Lipinski definition) is 1. The van der Waals surface area contributed by atoms with Gasteiger partial charge in [0.2, 0.25) is 0 Å². The van der Waals surface area contributed by atoms with Crippen LogP contribution in [0.1, 0.15) is 0 Å². The smallest absolute Gasteiger partial charge is 0.130 e. The Balaban J connectivity index is 0.000001000. The third-order valence-corrected chi connectivity index (χ3v) is 4.37. The summed E-state index contributed by atoms with van der Waals surface area (Å²) < 4.78 is 2.41. The molecule has 0 aliphatic rings. The van der Waals surface area contributed by atoms with E-state index in [1.54, 1.807) is 12.1 Å². The van der Waals surface area contributed by atoms with Crippen LogP contribution in [0.2, 0.25) is 0 Å². The first-order valence-electron chi connectivity index (χ1n) is 2.45. The molecule has 5 heteroatoms. The fourth-order valence-electron chi connectivity index (χ4n) is 0.516. The van der Waals surface area contributed by atoms with Crippen molar-refractivity contribution in [2.45, 2.75) is 0 Å². The summed E-state index contributed by atoms with van der Waals surface area (Å²) in [5.41, 5.74) is 0. The molecule has 0 saturated carbocycles. The van der Waals surface area contributed by atoms with Gasteiger partial charge in [-0.1, -0.05) is 0 Å². The minimum absolute atomic E-state index is 0. The van der Waals surface area contributed by atoms with Crippen LogP contribution in [0.15, 0.2) is 25.6 Å². The van der Waals surface area contributed by atoms with Gasteiger partial charge in [0.1, 0.15) is 5.75 Å². The second kappa shape index (κ2) is 5.25. The zero-order valence-electron chi connectivity index (χ0n) is 5.74. The molecule has 0 atom stereocenters. The molecule has 0 bridgehead atoms. The van der Waals surface area contributed by atoms with E-state index in [1.807, 2.05) is 0 Å². The molecule has 1 aromatic rings. The van der Waals surface area contributed by atoms with Gasteiger partial charge in [-0.05, 0) is 59.9 Å². The minimum Gasteiger partial charge on any atom is -0.507 e. The van der Waals surface area contributed by atoms with E-state index in [1.165, 1.54) is 0 Å². The summed E-state index contributed by atoms with van der Waals surface area (Å²) in [6.45, 7) is 0. The van der Waals surface area contributed by atoms with Gasteiger partial charge in [0.25, 0.3) is 0 Å². The molecule has 0 heterocycles. The van der Waals surface area contributed by atoms with E-state index in [9.17, 15) is 0 Å². The standard InChI is InChI=1S/C6H3Br3O.Na/c7-3-1-2-4(10)6(9)5(3)8;/h1-2,10H;. The Morgan fingerprint density at radius 2 is 1.55 bits per heavy atom. The van der Waals surface area contributed by atoms with Gasteiger partial charge >= 0.3 is 0 Å². The number of benzene rings is 1. The van der Waals surface area contributed by atoms with Crippen molar-refractivity contribution in [3.63, 3.8) is 0 Å². The Labute approximate surface area is 112 Å². The quantitative estimate of drug-likeness (QED) is 0.560. The van der Waals surface area contributed by atoms with Crippen molar-refractivity contribution < 1.29 is 5.11 Å². The van der Waals surface area contributed by atoms with E-state index in [0.717, 1.165) is 8.95 Å². The normalized spacial score (nSPS) is 9.00. The number of aromatic hydroxyl groups is 1. The molecular formula is C6H3Br3NaO. The fraction of sp³-hybridized carbons (Fsp3) is 0. The maximum atomic E-state index is 9.13. The van der Waals surface area contributed by atoms with Gasteiger partial charge < -0.3 is 5.11 Å². The van der Waals surface area contributed by atoms with Crippen LogP contribution in [0.3, 0.4) is 0 Å². The summed E-state index contributed by atoms with van der Waals surface area (Å²) in [4.78, 5) is 0. The topological polar surface area (TPSA) is 20.2 Å². The first-order chi connectivity index (χ1) is 4.63. The average molecular weight is 354 g/mol. The van der Waals surface area contributed by atoms with Crippen LogP contribution in [0.5, 0.6) is 5.75 Å². The molecule has 0 unspecified atom stereocenters. The molecule has 1 nitrogen and oxygen atoms in total. The average Bonchev–Trinajstić information content (AvgIpc) is 1.93. The molecule has 0 aliphatic carbocycles. The van der Waals surface area contributed by atoms with Gasteiger partial charge in [-0.3, -0.25) is 0 Å². The van der Waals surface area contributed by atoms with Gasteiger partial charge in [0, 0.05) is 38.5 Å². The van der Waals surface area contributed by atoms with E-state index < -0.39 is 0 Å². The van der Waals surface area contributed by atoms with E-state index in [-0.39, 0.29) is 35.3 Å². The summed E-state index contributed by atoms with van der Waals surface area (Å²) >= 11 is 9.77. The summed E-state index contributed by atoms with van der Waals surface area (Å²) in [6.07, 6.45) is 0. The van der Waals surface area contributed by atoms with Gasteiger partial charge in [-0.15, -0.1) is 0 Å². The monoisotopic (exact) mass is 351 g/mol. The van der Waals surface area contributed by atoms with E-state index in [4.69, 9.17) is 5.11 Å². The maximum absolute atomic E-state index is 9.13. The van der Waals surface area contributed by atoms with Crippen molar-refractivity contribution in [3.05, 3.63) is 25.6 Å². The molecular weight excluding hydrogens is 351 g/mol. The molecule has 0 spiro atoms. The van der Waals surface area contributed by atoms with Gasteiger partial charge in [-0.25, -0.2) is 0 Å². The number of phenols is 1. The van der Waals surface area contributed by atoms with Crippen molar-refractivity contribution in [2.24, 2.45) is 0 Å². The number of rotatable bonds is 0. The molecule has 0 aliphatic heterocycles. The molecule has 0 saturated heterocycles. The number of phenolic OH excluding ortho intramolecular Hbond substituents is 1. The van der Waals surface area contributed by atoms with Gasteiger partial charge in [0.15, 0.2) is 0 Å². The fourth-order valence-corrected chi connectivity index (χ4v) is 1.79. The Bertz CT molecular complexity index is 237. The van der Waals surface area contributed by atoms with Crippen molar-refractivity contribution in [1.29, 1.82) is 0 Å². The minimum atomic E-state index is 0. The van der Waals surface area contributed by atoms with Gasteiger partial charge in [-0.2, -0.15) is 0 Å². The summed E-state index contributed by atoms with van der Waals surface area (Å²) in [7, 11) is 0. The SMILES string of the molecule is Oc1ccc(Br)c(Br)c1Br.[Na]. The van der Waals surface area contributed by atoms with E-state index in [2.05, 4.69) is 47.8 Å². The van der Waals surface area contributed by atoms with Crippen molar-refractivity contribution in [1.82, 2.24) is 0 Å². The third-order valence-electron chi connectivity index (χ3n) is 1.01. The summed E-state index contributed by atoms with van der Waals surface area (Å²) in [5, 5.41) is 9.13. The predicted molar refractivity (Wildman–Crippen MR) is 57.0 cm³/mol. The van der Waals surface area contributed by atoms with Crippen LogP contribution in [0.4, 0.5) is 0 Å². The molecule has 0 aromatic heterocycles. The second-order valence-corrected chi connectivity index (χ2v) is 4.13. The van der Waals surface area contributed by atoms with Crippen LogP contribution in [-0.2, 0) is 0 Å². The Morgan fingerprint density at radius 3 is 2.00 bits per heavy atom. The van der Waals surface area contributed by atoms with E-state index in [0.29, 0.717) is 4.47 Å². The Kier molecular flexibility index (Phi) is 5.94. The molecule has 1 N–H and O–H groups in total. The molecule has 55 valence electrons. The molecule has 11 heavy (non-hydrogen) atoms. The third kappa shape index (κ3) is 3.01.